The van der Waals surface area contributed by atoms with E-state index in [0.717, 1.165) is 6.07 Å². The van der Waals surface area contributed by atoms with E-state index in [1.165, 1.54) is 0 Å². The number of halogens is 4. The summed E-state index contributed by atoms with van der Waals surface area (Å²) in [6.07, 6.45) is -4.75. The summed E-state index contributed by atoms with van der Waals surface area (Å²) in [6, 6.07) is 2.15. The topological polar surface area (TPSA) is 75.3 Å². The maximum Gasteiger partial charge on any atom is 0.416 e. The Labute approximate surface area is 109 Å². The average molecular weight is 295 g/mol. The molecule has 1 aromatic carbocycles. The molecule has 0 bridgehead atoms. The van der Waals surface area contributed by atoms with Crippen LogP contribution in [-0.2, 0) is 15.8 Å². The fraction of sp³-hybridized carbons (Fsp3) is 0.100. The summed E-state index contributed by atoms with van der Waals surface area (Å²) in [7, 11) is 0. The number of hydrogen-bond donors (Lipinski definition) is 2. The molecule has 102 valence electrons. The molecule has 0 saturated carbocycles. The lowest BCUT2D eigenvalue weighted by Gasteiger charge is -2.10. The van der Waals surface area contributed by atoms with Crippen LogP contribution in [0.2, 0.25) is 5.02 Å². The SMILES string of the molecule is O=CC(=O)NNC(=O)c1cc(C(F)(F)F)ccc1Cl. The second-order valence-corrected chi connectivity index (χ2v) is 3.66. The third-order valence-electron chi connectivity index (χ3n) is 1.94. The predicted molar refractivity (Wildman–Crippen MR) is 58.1 cm³/mol. The van der Waals surface area contributed by atoms with Gasteiger partial charge in [-0.05, 0) is 18.2 Å². The first-order valence-corrected chi connectivity index (χ1v) is 5.05. The van der Waals surface area contributed by atoms with E-state index in [-0.39, 0.29) is 11.3 Å². The van der Waals surface area contributed by atoms with E-state index in [1.54, 1.807) is 10.9 Å². The van der Waals surface area contributed by atoms with Crippen LogP contribution in [0.5, 0.6) is 0 Å². The minimum absolute atomic E-state index is 0.117. The van der Waals surface area contributed by atoms with E-state index in [2.05, 4.69) is 0 Å². The number of nitrogens with one attached hydrogen (secondary N) is 2. The van der Waals surface area contributed by atoms with Crippen molar-refractivity contribution in [2.24, 2.45) is 0 Å². The fourth-order valence-corrected chi connectivity index (χ4v) is 1.29. The van der Waals surface area contributed by atoms with E-state index >= 15 is 0 Å². The molecule has 0 aliphatic carbocycles. The highest BCUT2D eigenvalue weighted by atomic mass is 35.5. The minimum Gasteiger partial charge on any atom is -0.292 e. The zero-order valence-electron chi connectivity index (χ0n) is 9.05. The summed E-state index contributed by atoms with van der Waals surface area (Å²) < 4.78 is 37.3. The van der Waals surface area contributed by atoms with Crippen molar-refractivity contribution in [1.29, 1.82) is 0 Å². The molecule has 0 saturated heterocycles. The van der Waals surface area contributed by atoms with Crippen molar-refractivity contribution in [3.63, 3.8) is 0 Å². The summed E-state index contributed by atoms with van der Waals surface area (Å²) in [5.74, 6) is -2.23. The Hall–Kier alpha value is -2.09. The predicted octanol–water partition coefficient (Wildman–Crippen LogP) is 1.32. The van der Waals surface area contributed by atoms with Gasteiger partial charge in [0.05, 0.1) is 16.1 Å². The van der Waals surface area contributed by atoms with Crippen molar-refractivity contribution in [3.05, 3.63) is 34.3 Å². The molecule has 9 heteroatoms. The van der Waals surface area contributed by atoms with Crippen molar-refractivity contribution >= 4 is 29.7 Å². The molecule has 2 amide bonds. The first-order chi connectivity index (χ1) is 8.75. The van der Waals surface area contributed by atoms with Gasteiger partial charge >= 0.3 is 12.1 Å². The monoisotopic (exact) mass is 294 g/mol. The number of hydrogen-bond acceptors (Lipinski definition) is 3. The van der Waals surface area contributed by atoms with Gasteiger partial charge in [0.15, 0.2) is 0 Å². The number of benzene rings is 1. The van der Waals surface area contributed by atoms with E-state index in [9.17, 15) is 27.6 Å². The smallest absolute Gasteiger partial charge is 0.292 e. The summed E-state index contributed by atoms with van der Waals surface area (Å²) >= 11 is 5.58. The largest absolute Gasteiger partial charge is 0.416 e. The van der Waals surface area contributed by atoms with Crippen LogP contribution >= 0.6 is 11.6 Å². The molecule has 0 aliphatic rings. The normalized spacial score (nSPS) is 10.7. The zero-order chi connectivity index (χ0) is 14.6. The second kappa shape index (κ2) is 5.70. The van der Waals surface area contributed by atoms with Crippen LogP contribution < -0.4 is 10.9 Å². The molecule has 1 aromatic rings. The molecule has 0 radical (unpaired) electrons. The zero-order valence-corrected chi connectivity index (χ0v) is 9.80. The Morgan fingerprint density at radius 1 is 1.21 bits per heavy atom. The highest BCUT2D eigenvalue weighted by Crippen LogP contribution is 2.31. The van der Waals surface area contributed by atoms with Crippen LogP contribution in [0.4, 0.5) is 13.2 Å². The Morgan fingerprint density at radius 2 is 1.84 bits per heavy atom. The molecule has 2 N–H and O–H groups in total. The molecule has 5 nitrogen and oxygen atoms in total. The molecule has 1 rings (SSSR count). The van der Waals surface area contributed by atoms with Crippen molar-refractivity contribution < 1.29 is 27.6 Å². The first-order valence-electron chi connectivity index (χ1n) is 4.68. The van der Waals surface area contributed by atoms with Crippen LogP contribution in [-0.4, -0.2) is 18.1 Å². The maximum atomic E-state index is 12.4. The quantitative estimate of drug-likeness (QED) is 0.491. The number of alkyl halides is 3. The van der Waals surface area contributed by atoms with Gasteiger partial charge in [0, 0.05) is 0 Å². The second-order valence-electron chi connectivity index (χ2n) is 3.25. The van der Waals surface area contributed by atoms with Crippen LogP contribution in [0.25, 0.3) is 0 Å². The van der Waals surface area contributed by atoms with Gasteiger partial charge in [-0.2, -0.15) is 13.2 Å². The van der Waals surface area contributed by atoms with E-state index in [0.29, 0.717) is 12.1 Å². The number of rotatable bonds is 2. The third-order valence-corrected chi connectivity index (χ3v) is 2.27. The summed E-state index contributed by atoms with van der Waals surface area (Å²) in [4.78, 5) is 32.0. The van der Waals surface area contributed by atoms with Gasteiger partial charge in [-0.1, -0.05) is 11.6 Å². The lowest BCUT2D eigenvalue weighted by molar-refractivity contribution is -0.137. The van der Waals surface area contributed by atoms with Gasteiger partial charge in [0.25, 0.3) is 5.91 Å². The van der Waals surface area contributed by atoms with Gasteiger partial charge in [-0.25, -0.2) is 0 Å². The number of hydrazine groups is 1. The Balaban J connectivity index is 2.96. The summed E-state index contributed by atoms with van der Waals surface area (Å²) in [6.45, 7) is 0. The molecule has 19 heavy (non-hydrogen) atoms. The highest BCUT2D eigenvalue weighted by molar-refractivity contribution is 6.34. The van der Waals surface area contributed by atoms with Gasteiger partial charge in [-0.15, -0.1) is 0 Å². The number of aldehydes is 1. The average Bonchev–Trinajstić information content (AvgIpc) is 2.34. The first kappa shape index (κ1) is 15.0. The van der Waals surface area contributed by atoms with Crippen LogP contribution in [0.1, 0.15) is 15.9 Å². The Morgan fingerprint density at radius 3 is 2.37 bits per heavy atom. The minimum atomic E-state index is -4.63. The molecule has 0 atom stereocenters. The Kier molecular flexibility index (Phi) is 4.49. The van der Waals surface area contributed by atoms with Crippen LogP contribution in [0, 0.1) is 0 Å². The van der Waals surface area contributed by atoms with Gasteiger partial charge in [0.2, 0.25) is 6.29 Å². The van der Waals surface area contributed by atoms with Gasteiger partial charge < -0.3 is 0 Å². The third kappa shape index (κ3) is 3.95. The highest BCUT2D eigenvalue weighted by Gasteiger charge is 2.31. The number of carbonyl (C=O) groups is 3. The molecular weight excluding hydrogens is 289 g/mol. The maximum absolute atomic E-state index is 12.4. The summed E-state index contributed by atoms with van der Waals surface area (Å²) in [5.41, 5.74) is 1.87. The van der Waals surface area contributed by atoms with E-state index < -0.39 is 29.1 Å². The van der Waals surface area contributed by atoms with E-state index in [4.69, 9.17) is 11.6 Å². The van der Waals surface area contributed by atoms with Crippen molar-refractivity contribution in [1.82, 2.24) is 10.9 Å². The molecule has 0 spiro atoms. The lowest BCUT2D eigenvalue weighted by Crippen LogP contribution is -2.42. The molecule has 0 aromatic heterocycles. The van der Waals surface area contributed by atoms with Crippen molar-refractivity contribution in [2.75, 3.05) is 0 Å². The number of amides is 2. The van der Waals surface area contributed by atoms with Crippen LogP contribution in [0.3, 0.4) is 0 Å². The van der Waals surface area contributed by atoms with Crippen molar-refractivity contribution in [2.45, 2.75) is 6.18 Å². The van der Waals surface area contributed by atoms with Crippen molar-refractivity contribution in [3.8, 4) is 0 Å². The lowest BCUT2D eigenvalue weighted by atomic mass is 10.1. The van der Waals surface area contributed by atoms with Gasteiger partial charge in [-0.3, -0.25) is 25.2 Å². The molecule has 0 heterocycles. The number of carbonyl (C=O) groups excluding carboxylic acids is 3. The van der Waals surface area contributed by atoms with E-state index in [1.807, 2.05) is 0 Å². The fourth-order valence-electron chi connectivity index (χ4n) is 1.09. The van der Waals surface area contributed by atoms with Crippen LogP contribution in [0.15, 0.2) is 18.2 Å². The van der Waals surface area contributed by atoms with Gasteiger partial charge in [0.1, 0.15) is 0 Å². The molecule has 0 fully saturated rings. The standard InChI is InChI=1S/C10H6ClF3N2O3/c11-7-2-1-5(10(12,13)14)3-6(7)9(19)16-15-8(18)4-17/h1-4H,(H,15,18)(H,16,19). The molecule has 0 unspecified atom stereocenters. The molecular formula is C10H6ClF3N2O3. The summed E-state index contributed by atoms with van der Waals surface area (Å²) in [5, 5.41) is -0.231. The Bertz CT molecular complexity index is 531. The molecule has 0 aliphatic heterocycles.